The largest absolute Gasteiger partial charge is 0.491 e. The van der Waals surface area contributed by atoms with Crippen LogP contribution in [0.2, 0.25) is 0 Å². The van der Waals surface area contributed by atoms with Crippen LogP contribution in [0.4, 0.5) is 11.4 Å². The van der Waals surface area contributed by atoms with Gasteiger partial charge in [0.2, 0.25) is 15.9 Å². The summed E-state index contributed by atoms with van der Waals surface area (Å²) in [7, 11) is -1.88. The molecule has 1 amide bonds. The Labute approximate surface area is 173 Å². The minimum Gasteiger partial charge on any atom is -0.491 e. The first-order valence-electron chi connectivity index (χ1n) is 9.48. The van der Waals surface area contributed by atoms with Gasteiger partial charge in [-0.2, -0.15) is 0 Å². The van der Waals surface area contributed by atoms with Gasteiger partial charge in [-0.1, -0.05) is 18.2 Å². The van der Waals surface area contributed by atoms with Gasteiger partial charge in [-0.05, 0) is 57.2 Å². The molecule has 1 unspecified atom stereocenters. The highest BCUT2D eigenvalue weighted by Gasteiger charge is 2.18. The first kappa shape index (κ1) is 22.5. The molecule has 0 heterocycles. The lowest BCUT2D eigenvalue weighted by atomic mass is 10.2. The van der Waals surface area contributed by atoms with E-state index in [0.29, 0.717) is 18.0 Å². The Kier molecular flexibility index (Phi) is 7.90. The van der Waals surface area contributed by atoms with Crippen molar-refractivity contribution >= 4 is 27.3 Å². The van der Waals surface area contributed by atoms with E-state index in [2.05, 4.69) is 10.0 Å². The fourth-order valence-electron chi connectivity index (χ4n) is 2.63. The summed E-state index contributed by atoms with van der Waals surface area (Å²) in [6, 6.07) is 16.3. The second kappa shape index (κ2) is 10.2. The van der Waals surface area contributed by atoms with Gasteiger partial charge in [-0.15, -0.1) is 0 Å². The highest BCUT2D eigenvalue weighted by atomic mass is 32.2. The summed E-state index contributed by atoms with van der Waals surface area (Å²) in [6.07, 6.45) is 0.0320. The summed E-state index contributed by atoms with van der Waals surface area (Å²) in [6.45, 7) is 6.11. The molecule has 8 heteroatoms. The van der Waals surface area contributed by atoms with Gasteiger partial charge in [0, 0.05) is 31.0 Å². The van der Waals surface area contributed by atoms with Crippen LogP contribution in [0.15, 0.2) is 54.6 Å². The number of benzene rings is 2. The molecule has 2 N–H and O–H groups in total. The van der Waals surface area contributed by atoms with Crippen LogP contribution in [0.3, 0.4) is 0 Å². The Hall–Kier alpha value is -2.74. The van der Waals surface area contributed by atoms with E-state index in [-0.39, 0.29) is 12.1 Å². The van der Waals surface area contributed by atoms with Crippen molar-refractivity contribution in [3.05, 3.63) is 54.6 Å². The van der Waals surface area contributed by atoms with Crippen molar-refractivity contribution in [2.45, 2.75) is 32.9 Å². The van der Waals surface area contributed by atoms with Crippen LogP contribution in [-0.4, -0.2) is 45.8 Å². The number of para-hydroxylation sites is 1. The lowest BCUT2D eigenvalue weighted by Crippen LogP contribution is -2.42. The minimum absolute atomic E-state index is 0.00511. The third-order valence-corrected chi connectivity index (χ3v) is 5.43. The molecule has 7 nitrogen and oxygen atoms in total. The lowest BCUT2D eigenvalue weighted by molar-refractivity contribution is -0.118. The monoisotopic (exact) mass is 419 g/mol. The average Bonchev–Trinajstić information content (AvgIpc) is 2.66. The Morgan fingerprint density at radius 1 is 1.03 bits per heavy atom. The number of hydrogen-bond donors (Lipinski definition) is 2. The third-order valence-electron chi connectivity index (χ3n) is 4.24. The SMILES string of the molecule is CC(C)Oc1ccc(NS(=O)(=O)CC(=O)NCC(C)N(C)c2ccccc2)cc1. The van der Waals surface area contributed by atoms with Crippen LogP contribution in [0.25, 0.3) is 0 Å². The van der Waals surface area contributed by atoms with E-state index in [9.17, 15) is 13.2 Å². The van der Waals surface area contributed by atoms with Crippen molar-refractivity contribution < 1.29 is 17.9 Å². The molecule has 0 bridgehead atoms. The standard InChI is InChI=1S/C21H29N3O4S/c1-16(2)28-20-12-10-18(11-13-20)23-29(26,27)15-21(25)22-14-17(3)24(4)19-8-6-5-7-9-19/h5-13,16-17,23H,14-15H2,1-4H3,(H,22,25). The lowest BCUT2D eigenvalue weighted by Gasteiger charge is -2.27. The number of ether oxygens (including phenoxy) is 1. The molecule has 158 valence electrons. The molecule has 0 aliphatic rings. The number of hydrogen-bond acceptors (Lipinski definition) is 5. The Bertz CT molecular complexity index is 884. The molecule has 2 rings (SSSR count). The summed E-state index contributed by atoms with van der Waals surface area (Å²) >= 11 is 0. The smallest absolute Gasteiger partial charge is 0.241 e. The van der Waals surface area contributed by atoms with E-state index < -0.39 is 21.7 Å². The van der Waals surface area contributed by atoms with E-state index in [1.54, 1.807) is 24.3 Å². The summed E-state index contributed by atoms with van der Waals surface area (Å²) < 4.78 is 32.5. The van der Waals surface area contributed by atoms with Crippen LogP contribution in [0, 0.1) is 0 Å². The van der Waals surface area contributed by atoms with Crippen molar-refractivity contribution in [2.24, 2.45) is 0 Å². The first-order valence-corrected chi connectivity index (χ1v) is 11.1. The molecular weight excluding hydrogens is 390 g/mol. The van der Waals surface area contributed by atoms with E-state index in [0.717, 1.165) is 5.69 Å². The maximum atomic E-state index is 12.3. The normalized spacial score (nSPS) is 12.3. The predicted molar refractivity (Wildman–Crippen MR) is 117 cm³/mol. The van der Waals surface area contributed by atoms with Crippen LogP contribution < -0.4 is 19.7 Å². The van der Waals surface area contributed by atoms with Gasteiger partial charge in [-0.3, -0.25) is 9.52 Å². The second-order valence-corrected chi connectivity index (χ2v) is 8.87. The maximum absolute atomic E-state index is 12.3. The molecule has 2 aromatic carbocycles. The molecule has 2 aromatic rings. The van der Waals surface area contributed by atoms with Crippen molar-refractivity contribution in [3.63, 3.8) is 0 Å². The van der Waals surface area contributed by atoms with Gasteiger partial charge in [-0.25, -0.2) is 8.42 Å². The number of anilines is 2. The second-order valence-electron chi connectivity index (χ2n) is 7.15. The van der Waals surface area contributed by atoms with Gasteiger partial charge in [0.1, 0.15) is 11.5 Å². The minimum atomic E-state index is -3.81. The van der Waals surface area contributed by atoms with E-state index in [4.69, 9.17) is 4.74 Å². The van der Waals surface area contributed by atoms with E-state index >= 15 is 0 Å². The zero-order valence-electron chi connectivity index (χ0n) is 17.3. The quantitative estimate of drug-likeness (QED) is 0.618. The molecule has 0 saturated heterocycles. The van der Waals surface area contributed by atoms with Crippen LogP contribution >= 0.6 is 0 Å². The number of carbonyl (C=O) groups is 1. The van der Waals surface area contributed by atoms with Crippen molar-refractivity contribution in [3.8, 4) is 5.75 Å². The number of amides is 1. The highest BCUT2D eigenvalue weighted by Crippen LogP contribution is 2.18. The van der Waals surface area contributed by atoms with Crippen LogP contribution in [-0.2, 0) is 14.8 Å². The molecule has 0 aliphatic heterocycles. The summed E-state index contributed by atoms with van der Waals surface area (Å²) in [4.78, 5) is 14.1. The molecule has 0 saturated carbocycles. The van der Waals surface area contributed by atoms with Gasteiger partial charge in [0.15, 0.2) is 0 Å². The molecule has 1 atom stereocenters. The molecule has 0 fully saturated rings. The maximum Gasteiger partial charge on any atom is 0.241 e. The molecule has 0 aliphatic carbocycles. The summed E-state index contributed by atoms with van der Waals surface area (Å²) in [5.41, 5.74) is 1.40. The van der Waals surface area contributed by atoms with Crippen molar-refractivity contribution in [2.75, 3.05) is 29.0 Å². The fraction of sp³-hybridized carbons (Fsp3) is 0.381. The van der Waals surface area contributed by atoms with Crippen LogP contribution in [0.5, 0.6) is 5.75 Å². The Morgan fingerprint density at radius 2 is 1.66 bits per heavy atom. The first-order chi connectivity index (χ1) is 13.7. The molecule has 0 radical (unpaired) electrons. The summed E-state index contributed by atoms with van der Waals surface area (Å²) in [5, 5.41) is 2.69. The zero-order chi connectivity index (χ0) is 21.4. The highest BCUT2D eigenvalue weighted by molar-refractivity contribution is 7.93. The molecule has 0 spiro atoms. The van der Waals surface area contributed by atoms with E-state index in [1.165, 1.54) is 0 Å². The number of sulfonamides is 1. The molecule has 29 heavy (non-hydrogen) atoms. The van der Waals surface area contributed by atoms with Gasteiger partial charge in [0.25, 0.3) is 0 Å². The average molecular weight is 420 g/mol. The topological polar surface area (TPSA) is 87.7 Å². The summed E-state index contributed by atoms with van der Waals surface area (Å²) in [5.74, 6) is -0.540. The number of rotatable bonds is 10. The number of nitrogens with one attached hydrogen (secondary N) is 2. The third kappa shape index (κ3) is 7.65. The van der Waals surface area contributed by atoms with Crippen molar-refractivity contribution in [1.29, 1.82) is 0 Å². The Balaban J connectivity index is 1.84. The number of carbonyl (C=O) groups excluding carboxylic acids is 1. The molecular formula is C21H29N3O4S. The Morgan fingerprint density at radius 3 is 2.24 bits per heavy atom. The van der Waals surface area contributed by atoms with Crippen molar-refractivity contribution in [1.82, 2.24) is 5.32 Å². The molecule has 0 aromatic heterocycles. The van der Waals surface area contributed by atoms with Crippen LogP contribution in [0.1, 0.15) is 20.8 Å². The van der Waals surface area contributed by atoms with Gasteiger partial charge in [0.05, 0.1) is 6.10 Å². The fourth-order valence-corrected chi connectivity index (χ4v) is 3.64. The number of likely N-dealkylation sites (N-methyl/N-ethyl adjacent to an activating group) is 1. The van der Waals surface area contributed by atoms with E-state index in [1.807, 2.05) is 63.1 Å². The zero-order valence-corrected chi connectivity index (χ0v) is 18.1. The van der Waals surface area contributed by atoms with Gasteiger partial charge < -0.3 is 15.0 Å². The number of nitrogens with zero attached hydrogens (tertiary/aromatic N) is 1. The van der Waals surface area contributed by atoms with Gasteiger partial charge >= 0.3 is 0 Å². The predicted octanol–water partition coefficient (Wildman–Crippen LogP) is 2.86.